The summed E-state index contributed by atoms with van der Waals surface area (Å²) in [6.07, 6.45) is 4.22. The summed E-state index contributed by atoms with van der Waals surface area (Å²) in [5.41, 5.74) is 0.575. The van der Waals surface area contributed by atoms with Crippen LogP contribution in [0.25, 0.3) is 11.0 Å². The van der Waals surface area contributed by atoms with Crippen LogP contribution in [-0.4, -0.2) is 45.3 Å². The van der Waals surface area contributed by atoms with E-state index >= 15 is 0 Å². The van der Waals surface area contributed by atoms with Crippen LogP contribution in [0.15, 0.2) is 6.20 Å². The number of rotatable bonds is 3. The average Bonchev–Trinajstić information content (AvgIpc) is 3.05. The Labute approximate surface area is 117 Å². The Morgan fingerprint density at radius 2 is 2.10 bits per heavy atom. The molecule has 7 nitrogen and oxygen atoms in total. The van der Waals surface area contributed by atoms with E-state index in [1.165, 1.54) is 0 Å². The van der Waals surface area contributed by atoms with Gasteiger partial charge < -0.3 is 10.2 Å². The minimum Gasteiger partial charge on any atom is -0.356 e. The highest BCUT2D eigenvalue weighted by Crippen LogP contribution is 2.26. The summed E-state index contributed by atoms with van der Waals surface area (Å²) in [4.78, 5) is 22.9. The first-order valence-corrected chi connectivity index (χ1v) is 6.93. The molecule has 1 aliphatic heterocycles. The van der Waals surface area contributed by atoms with Crippen LogP contribution in [0.3, 0.4) is 0 Å². The molecule has 2 aromatic rings. The second-order valence-corrected chi connectivity index (χ2v) is 4.96. The second-order valence-electron chi connectivity index (χ2n) is 4.96. The van der Waals surface area contributed by atoms with Crippen LogP contribution in [0.5, 0.6) is 0 Å². The molecule has 1 fully saturated rings. The molecule has 1 aliphatic rings. The van der Waals surface area contributed by atoms with Gasteiger partial charge in [-0.15, -0.1) is 0 Å². The first-order valence-electron chi connectivity index (χ1n) is 6.93. The average molecular weight is 274 g/mol. The molecule has 0 saturated carbocycles. The van der Waals surface area contributed by atoms with Gasteiger partial charge in [-0.2, -0.15) is 5.10 Å². The van der Waals surface area contributed by atoms with E-state index in [4.69, 9.17) is 0 Å². The van der Waals surface area contributed by atoms with Gasteiger partial charge >= 0.3 is 0 Å². The number of carbonyl (C=O) groups excluding carboxylic acids is 1. The molecule has 3 rings (SSSR count). The van der Waals surface area contributed by atoms with Crippen LogP contribution >= 0.6 is 0 Å². The van der Waals surface area contributed by atoms with Crippen molar-refractivity contribution in [1.82, 2.24) is 25.1 Å². The maximum absolute atomic E-state index is 12.0. The Morgan fingerprint density at radius 1 is 1.35 bits per heavy atom. The molecule has 1 saturated heterocycles. The number of nitrogens with one attached hydrogen (secondary N) is 1. The van der Waals surface area contributed by atoms with E-state index in [-0.39, 0.29) is 11.7 Å². The van der Waals surface area contributed by atoms with Gasteiger partial charge in [0.2, 0.25) is 5.82 Å². The molecule has 1 amide bonds. The normalized spacial score (nSPS) is 15.0. The van der Waals surface area contributed by atoms with E-state index in [0.29, 0.717) is 12.2 Å². The Balaban J connectivity index is 2.11. The maximum Gasteiger partial charge on any atom is 0.289 e. The summed E-state index contributed by atoms with van der Waals surface area (Å²) in [5.74, 6) is 0.766. The number of fused-ring (bicyclic) bond motifs is 1. The molecule has 1 N–H and O–H groups in total. The molecular weight excluding hydrogens is 256 g/mol. The van der Waals surface area contributed by atoms with Gasteiger partial charge in [-0.25, -0.2) is 9.97 Å². The number of anilines is 1. The summed E-state index contributed by atoms with van der Waals surface area (Å²) < 4.78 is 1.71. The van der Waals surface area contributed by atoms with Crippen molar-refractivity contribution < 1.29 is 4.79 Å². The van der Waals surface area contributed by atoms with Gasteiger partial charge in [-0.1, -0.05) is 0 Å². The fourth-order valence-electron chi connectivity index (χ4n) is 2.51. The van der Waals surface area contributed by atoms with Crippen molar-refractivity contribution in [3.63, 3.8) is 0 Å². The molecule has 7 heteroatoms. The van der Waals surface area contributed by atoms with Crippen LogP contribution in [0.4, 0.5) is 5.82 Å². The van der Waals surface area contributed by atoms with Crippen LogP contribution in [0.1, 0.15) is 30.4 Å². The van der Waals surface area contributed by atoms with E-state index in [9.17, 15) is 4.79 Å². The molecular formula is C13H18N6O. The van der Waals surface area contributed by atoms with Gasteiger partial charge in [0, 0.05) is 32.9 Å². The van der Waals surface area contributed by atoms with Crippen molar-refractivity contribution in [2.75, 3.05) is 24.5 Å². The van der Waals surface area contributed by atoms with E-state index in [2.05, 4.69) is 25.3 Å². The van der Waals surface area contributed by atoms with Gasteiger partial charge in [0.15, 0.2) is 5.65 Å². The summed E-state index contributed by atoms with van der Waals surface area (Å²) in [7, 11) is 1.85. The van der Waals surface area contributed by atoms with E-state index in [1.807, 2.05) is 20.2 Å². The molecule has 0 aromatic carbocycles. The van der Waals surface area contributed by atoms with Gasteiger partial charge in [0.1, 0.15) is 5.82 Å². The molecule has 20 heavy (non-hydrogen) atoms. The smallest absolute Gasteiger partial charge is 0.289 e. The van der Waals surface area contributed by atoms with Crippen molar-refractivity contribution in [2.24, 2.45) is 7.05 Å². The predicted molar refractivity (Wildman–Crippen MR) is 75.8 cm³/mol. The molecule has 0 bridgehead atoms. The molecule has 2 aromatic heterocycles. The second kappa shape index (κ2) is 5.07. The number of nitrogens with zero attached hydrogens (tertiary/aromatic N) is 5. The first kappa shape index (κ1) is 12.8. The van der Waals surface area contributed by atoms with Gasteiger partial charge in [0.25, 0.3) is 5.91 Å². The lowest BCUT2D eigenvalue weighted by Gasteiger charge is -2.17. The zero-order valence-corrected chi connectivity index (χ0v) is 11.8. The largest absolute Gasteiger partial charge is 0.356 e. The number of hydrogen-bond acceptors (Lipinski definition) is 5. The Bertz CT molecular complexity index is 644. The van der Waals surface area contributed by atoms with Gasteiger partial charge in [-0.3, -0.25) is 9.48 Å². The summed E-state index contributed by atoms with van der Waals surface area (Å²) in [6, 6.07) is 0. The number of hydrogen-bond donors (Lipinski definition) is 1. The Morgan fingerprint density at radius 3 is 2.80 bits per heavy atom. The highest BCUT2D eigenvalue weighted by Gasteiger charge is 2.21. The third kappa shape index (κ3) is 2.19. The summed E-state index contributed by atoms with van der Waals surface area (Å²) >= 11 is 0. The minimum absolute atomic E-state index is 0.194. The standard InChI is InChI=1S/C13H18N6O/c1-3-14-13(20)11-15-10-9(8-18(2)17-10)12(16-11)19-6-4-5-7-19/h8H,3-7H2,1-2H3,(H,14,20). The molecule has 106 valence electrons. The lowest BCUT2D eigenvalue weighted by molar-refractivity contribution is 0.0946. The fraction of sp³-hybridized carbons (Fsp3) is 0.538. The van der Waals surface area contributed by atoms with E-state index in [0.717, 1.165) is 37.1 Å². The lowest BCUT2D eigenvalue weighted by Crippen LogP contribution is -2.27. The topological polar surface area (TPSA) is 75.9 Å². The Kier molecular flexibility index (Phi) is 3.25. The van der Waals surface area contributed by atoms with Crippen LogP contribution in [0, 0.1) is 0 Å². The molecule has 3 heterocycles. The van der Waals surface area contributed by atoms with E-state index in [1.54, 1.807) is 4.68 Å². The molecule has 0 unspecified atom stereocenters. The van der Waals surface area contributed by atoms with Crippen LogP contribution in [-0.2, 0) is 7.05 Å². The van der Waals surface area contributed by atoms with Crippen molar-refractivity contribution in [1.29, 1.82) is 0 Å². The van der Waals surface area contributed by atoms with Gasteiger partial charge in [0.05, 0.1) is 5.39 Å². The highest BCUT2D eigenvalue weighted by atomic mass is 16.2. The van der Waals surface area contributed by atoms with Crippen molar-refractivity contribution in [2.45, 2.75) is 19.8 Å². The summed E-state index contributed by atoms with van der Waals surface area (Å²) in [5, 5.41) is 7.95. The minimum atomic E-state index is -0.250. The molecule has 0 spiro atoms. The number of aryl methyl sites for hydroxylation is 1. The van der Waals surface area contributed by atoms with Crippen molar-refractivity contribution in [3.05, 3.63) is 12.0 Å². The quantitative estimate of drug-likeness (QED) is 0.892. The number of amides is 1. The van der Waals surface area contributed by atoms with Gasteiger partial charge in [-0.05, 0) is 19.8 Å². The lowest BCUT2D eigenvalue weighted by atomic mass is 10.3. The highest BCUT2D eigenvalue weighted by molar-refractivity contribution is 5.95. The molecule has 0 atom stereocenters. The zero-order chi connectivity index (χ0) is 14.1. The predicted octanol–water partition coefficient (Wildman–Crippen LogP) is 0.713. The monoisotopic (exact) mass is 274 g/mol. The maximum atomic E-state index is 12.0. The van der Waals surface area contributed by atoms with Crippen LogP contribution < -0.4 is 10.2 Å². The molecule has 0 aliphatic carbocycles. The van der Waals surface area contributed by atoms with Crippen molar-refractivity contribution in [3.8, 4) is 0 Å². The first-order chi connectivity index (χ1) is 9.69. The van der Waals surface area contributed by atoms with Crippen molar-refractivity contribution >= 4 is 22.8 Å². The fourth-order valence-corrected chi connectivity index (χ4v) is 2.51. The number of aromatic nitrogens is 4. The molecule has 0 radical (unpaired) electrons. The van der Waals surface area contributed by atoms with Crippen LogP contribution in [0.2, 0.25) is 0 Å². The zero-order valence-electron chi connectivity index (χ0n) is 11.8. The third-order valence-electron chi connectivity index (χ3n) is 3.42. The number of carbonyl (C=O) groups is 1. The SMILES string of the molecule is CCNC(=O)c1nc(N2CCCC2)c2cn(C)nc2n1. The Hall–Kier alpha value is -2.18. The van der Waals surface area contributed by atoms with E-state index < -0.39 is 0 Å². The third-order valence-corrected chi connectivity index (χ3v) is 3.42. The summed E-state index contributed by atoms with van der Waals surface area (Å²) in [6.45, 7) is 4.37.